The van der Waals surface area contributed by atoms with Crippen LogP contribution in [0.5, 0.6) is 0 Å². The van der Waals surface area contributed by atoms with Crippen molar-refractivity contribution >= 4 is 40.6 Å². The number of fused-ring (bicyclic) bond motifs is 1. The minimum Gasteiger partial charge on any atom is -0.336 e. The zero-order chi connectivity index (χ0) is 19.0. The van der Waals surface area contributed by atoms with Crippen molar-refractivity contribution in [3.8, 4) is 0 Å². The number of thiophene rings is 1. The molecule has 2 aromatic rings. The summed E-state index contributed by atoms with van der Waals surface area (Å²) in [5.74, 6) is 0.173. The summed E-state index contributed by atoms with van der Waals surface area (Å²) in [6.07, 6.45) is 4.22. The van der Waals surface area contributed by atoms with E-state index >= 15 is 0 Å². The topological polar surface area (TPSA) is 75.4 Å². The number of nitrogens with one attached hydrogen (secondary N) is 1. The lowest BCUT2D eigenvalue weighted by Crippen LogP contribution is -2.34. The molecule has 2 aliphatic rings. The van der Waals surface area contributed by atoms with Gasteiger partial charge in [-0.2, -0.15) is 0 Å². The van der Waals surface area contributed by atoms with Crippen LogP contribution < -0.4 is 11.1 Å². The number of carbonyl (C=O) groups is 2. The van der Waals surface area contributed by atoms with Crippen molar-refractivity contribution in [2.24, 2.45) is 11.7 Å². The van der Waals surface area contributed by atoms with E-state index in [0.29, 0.717) is 35.1 Å². The monoisotopic (exact) mass is 419 g/mol. The summed E-state index contributed by atoms with van der Waals surface area (Å²) in [5.41, 5.74) is 9.62. The van der Waals surface area contributed by atoms with Crippen molar-refractivity contribution in [2.75, 3.05) is 18.4 Å². The number of anilines is 1. The number of likely N-dealkylation sites (tertiary alicyclic amines) is 1. The maximum atomic E-state index is 13.0. The lowest BCUT2D eigenvalue weighted by Gasteiger charge is -2.21. The summed E-state index contributed by atoms with van der Waals surface area (Å²) < 4.78 is 0. The number of amides is 2. The molecule has 150 valence electrons. The highest BCUT2D eigenvalue weighted by molar-refractivity contribution is 7.14. The number of aryl methyl sites for hydroxylation is 2. The normalized spacial score (nSPS) is 20.6. The van der Waals surface area contributed by atoms with Crippen LogP contribution in [0.25, 0.3) is 0 Å². The molecule has 3 N–H and O–H groups in total. The maximum Gasteiger partial charge on any atom is 0.257 e. The third-order valence-corrected chi connectivity index (χ3v) is 6.57. The Morgan fingerprint density at radius 3 is 2.79 bits per heavy atom. The van der Waals surface area contributed by atoms with Crippen molar-refractivity contribution in [3.05, 3.63) is 51.9 Å². The van der Waals surface area contributed by atoms with E-state index in [1.807, 2.05) is 22.4 Å². The fourth-order valence-electron chi connectivity index (χ4n) is 4.21. The van der Waals surface area contributed by atoms with Crippen LogP contribution in [0.3, 0.4) is 0 Å². The van der Waals surface area contributed by atoms with E-state index in [1.54, 1.807) is 6.07 Å². The van der Waals surface area contributed by atoms with Gasteiger partial charge in [-0.1, -0.05) is 6.07 Å². The zero-order valence-corrected chi connectivity index (χ0v) is 17.6. The maximum absolute atomic E-state index is 13.0. The van der Waals surface area contributed by atoms with Gasteiger partial charge in [-0.25, -0.2) is 0 Å². The fourth-order valence-corrected chi connectivity index (χ4v) is 4.99. The third kappa shape index (κ3) is 3.95. The first-order valence-corrected chi connectivity index (χ1v) is 10.5. The number of hydrogen-bond donors (Lipinski definition) is 2. The lowest BCUT2D eigenvalue weighted by atomic mass is 10.1. The number of carbonyl (C=O) groups excluding carboxylic acids is 2. The molecule has 0 bridgehead atoms. The van der Waals surface area contributed by atoms with Crippen LogP contribution in [0, 0.1) is 5.92 Å². The van der Waals surface area contributed by atoms with Crippen molar-refractivity contribution in [2.45, 2.75) is 38.6 Å². The van der Waals surface area contributed by atoms with Gasteiger partial charge >= 0.3 is 0 Å². The molecule has 1 saturated heterocycles. The van der Waals surface area contributed by atoms with Crippen molar-refractivity contribution < 1.29 is 9.59 Å². The van der Waals surface area contributed by atoms with Gasteiger partial charge in [-0.15, -0.1) is 23.7 Å². The first-order chi connectivity index (χ1) is 13.1. The van der Waals surface area contributed by atoms with E-state index in [9.17, 15) is 9.59 Å². The van der Waals surface area contributed by atoms with Gasteiger partial charge in [-0.3, -0.25) is 9.59 Å². The Balaban J connectivity index is 0.00000225. The Bertz CT molecular complexity index is 882. The third-order valence-electron chi connectivity index (χ3n) is 5.74. The molecule has 1 aliphatic heterocycles. The van der Waals surface area contributed by atoms with E-state index in [2.05, 4.69) is 18.3 Å². The summed E-state index contributed by atoms with van der Waals surface area (Å²) >= 11 is 1.39. The van der Waals surface area contributed by atoms with Crippen LogP contribution in [0.1, 0.15) is 51.6 Å². The van der Waals surface area contributed by atoms with E-state index in [1.165, 1.54) is 22.5 Å². The smallest absolute Gasteiger partial charge is 0.257 e. The Labute approximate surface area is 175 Å². The molecular formula is C21H26ClN3O2S. The fraction of sp³-hybridized carbons (Fsp3) is 0.429. The van der Waals surface area contributed by atoms with Gasteiger partial charge in [-0.05, 0) is 79.8 Å². The Kier molecular flexibility index (Phi) is 6.43. The lowest BCUT2D eigenvalue weighted by molar-refractivity contribution is 0.0745. The predicted octanol–water partition coefficient (Wildman–Crippen LogP) is 3.72. The number of nitrogens with zero attached hydrogens (tertiary/aromatic N) is 1. The first kappa shape index (κ1) is 20.8. The number of halogens is 1. The second-order valence-corrected chi connectivity index (χ2v) is 8.51. The van der Waals surface area contributed by atoms with E-state index in [0.717, 1.165) is 25.7 Å². The number of benzene rings is 1. The van der Waals surface area contributed by atoms with Crippen molar-refractivity contribution in [3.63, 3.8) is 0 Å². The largest absolute Gasteiger partial charge is 0.336 e. The molecule has 28 heavy (non-hydrogen) atoms. The summed E-state index contributed by atoms with van der Waals surface area (Å²) in [6, 6.07) is 7.89. The molecule has 1 aromatic carbocycles. The molecule has 5 nitrogen and oxygen atoms in total. The van der Waals surface area contributed by atoms with Gasteiger partial charge in [0.25, 0.3) is 11.8 Å². The zero-order valence-electron chi connectivity index (χ0n) is 15.9. The van der Waals surface area contributed by atoms with Gasteiger partial charge in [0.15, 0.2) is 0 Å². The molecule has 2 amide bonds. The summed E-state index contributed by atoms with van der Waals surface area (Å²) in [5, 5.41) is 5.42. The molecular weight excluding hydrogens is 394 g/mol. The molecule has 2 heterocycles. The van der Waals surface area contributed by atoms with Crippen LogP contribution in [-0.4, -0.2) is 35.8 Å². The molecule has 0 radical (unpaired) electrons. The van der Waals surface area contributed by atoms with Gasteiger partial charge in [0, 0.05) is 18.2 Å². The Morgan fingerprint density at radius 1 is 1.25 bits per heavy atom. The van der Waals surface area contributed by atoms with E-state index in [-0.39, 0.29) is 30.3 Å². The van der Waals surface area contributed by atoms with Crippen LogP contribution in [0.4, 0.5) is 5.00 Å². The highest BCUT2D eigenvalue weighted by atomic mass is 35.5. The second kappa shape index (κ2) is 8.64. The van der Waals surface area contributed by atoms with Gasteiger partial charge < -0.3 is 16.0 Å². The minimum atomic E-state index is -0.157. The standard InChI is InChI=1S/C21H25N3O2S.ClH/c1-13-9-14(11-22)12-24(13)21(26)18-7-8-27-20(18)23-19(25)17-6-5-15-3-2-4-16(15)10-17;/h5-8,10,13-14H,2-4,9,11-12,22H2,1H3,(H,23,25);1H. The first-order valence-electron chi connectivity index (χ1n) is 9.58. The Morgan fingerprint density at radius 2 is 2.04 bits per heavy atom. The molecule has 1 aromatic heterocycles. The van der Waals surface area contributed by atoms with Crippen LogP contribution >= 0.6 is 23.7 Å². The van der Waals surface area contributed by atoms with Crippen LogP contribution in [0.15, 0.2) is 29.6 Å². The summed E-state index contributed by atoms with van der Waals surface area (Å²) in [6.45, 7) is 3.34. The average molecular weight is 420 g/mol. The molecule has 1 aliphatic carbocycles. The van der Waals surface area contributed by atoms with Crippen LogP contribution in [0.2, 0.25) is 0 Å². The Hall–Kier alpha value is -1.89. The quantitative estimate of drug-likeness (QED) is 0.792. The number of nitrogens with two attached hydrogens (primary N) is 1. The highest BCUT2D eigenvalue weighted by Gasteiger charge is 2.33. The molecule has 4 rings (SSSR count). The van der Waals surface area contributed by atoms with Crippen molar-refractivity contribution in [1.82, 2.24) is 4.90 Å². The number of rotatable bonds is 4. The average Bonchev–Trinajstić information content (AvgIpc) is 3.39. The van der Waals surface area contributed by atoms with Gasteiger partial charge in [0.2, 0.25) is 0 Å². The van der Waals surface area contributed by atoms with Gasteiger partial charge in [0.1, 0.15) is 5.00 Å². The molecule has 0 spiro atoms. The predicted molar refractivity (Wildman–Crippen MR) is 116 cm³/mol. The summed E-state index contributed by atoms with van der Waals surface area (Å²) in [4.78, 5) is 27.6. The molecule has 2 atom stereocenters. The van der Waals surface area contributed by atoms with Crippen molar-refractivity contribution in [1.29, 1.82) is 0 Å². The van der Waals surface area contributed by atoms with Gasteiger partial charge in [0.05, 0.1) is 5.56 Å². The highest BCUT2D eigenvalue weighted by Crippen LogP contribution is 2.30. The van der Waals surface area contributed by atoms with Crippen LogP contribution in [-0.2, 0) is 12.8 Å². The summed E-state index contributed by atoms with van der Waals surface area (Å²) in [7, 11) is 0. The number of hydrogen-bond acceptors (Lipinski definition) is 4. The van der Waals surface area contributed by atoms with E-state index in [4.69, 9.17) is 5.73 Å². The second-order valence-electron chi connectivity index (χ2n) is 7.60. The molecule has 1 fully saturated rings. The molecule has 0 saturated carbocycles. The molecule has 2 unspecified atom stereocenters. The molecule has 7 heteroatoms. The van der Waals surface area contributed by atoms with E-state index < -0.39 is 0 Å². The SMILES string of the molecule is CC1CC(CN)CN1C(=O)c1ccsc1NC(=O)c1ccc2c(c1)CCC2.Cl. The minimum absolute atomic E-state index is 0.